The molecule has 0 unspecified atom stereocenters. The number of carbonyl (C=O) groups excluding carboxylic acids is 1. The molecule has 1 aromatic heterocycles. The lowest BCUT2D eigenvalue weighted by atomic mass is 10.0. The van der Waals surface area contributed by atoms with Gasteiger partial charge >= 0.3 is 0 Å². The number of rotatable bonds is 6. The van der Waals surface area contributed by atoms with Crippen LogP contribution in [0.2, 0.25) is 0 Å². The Kier molecular flexibility index (Phi) is 7.36. The number of pyridine rings is 1. The van der Waals surface area contributed by atoms with Gasteiger partial charge in [-0.05, 0) is 63.9 Å². The summed E-state index contributed by atoms with van der Waals surface area (Å²) in [5.74, 6) is 1.02. The first kappa shape index (κ1) is 22.0. The maximum Gasteiger partial charge on any atom is 0.185 e. The number of ketones is 1. The van der Waals surface area contributed by atoms with Gasteiger partial charge in [-0.15, -0.1) is 0 Å². The van der Waals surface area contributed by atoms with E-state index in [4.69, 9.17) is 4.98 Å². The van der Waals surface area contributed by atoms with Crippen LogP contribution in [0.1, 0.15) is 49.2 Å². The Morgan fingerprint density at radius 2 is 1.71 bits per heavy atom. The first-order chi connectivity index (χ1) is 15.1. The van der Waals surface area contributed by atoms with Gasteiger partial charge in [0.2, 0.25) is 0 Å². The molecule has 1 aromatic carbocycles. The average Bonchev–Trinajstić information content (AvgIpc) is 3.06. The molecule has 166 valence electrons. The molecular formula is C26H36N4O. The summed E-state index contributed by atoms with van der Waals surface area (Å²) in [5, 5.41) is 0. The summed E-state index contributed by atoms with van der Waals surface area (Å²) in [6.07, 6.45) is 4.11. The van der Waals surface area contributed by atoms with Crippen LogP contribution in [0.15, 0.2) is 48.5 Å². The van der Waals surface area contributed by atoms with Gasteiger partial charge in [0.25, 0.3) is 0 Å². The largest absolute Gasteiger partial charge is 0.355 e. The van der Waals surface area contributed by atoms with E-state index in [2.05, 4.69) is 34.6 Å². The van der Waals surface area contributed by atoms with Gasteiger partial charge in [-0.1, -0.05) is 36.4 Å². The number of piperidine rings is 1. The van der Waals surface area contributed by atoms with Crippen LogP contribution in [0.25, 0.3) is 0 Å². The molecule has 0 spiro atoms. The van der Waals surface area contributed by atoms with E-state index in [1.54, 1.807) is 0 Å². The number of hydrogen-bond donors (Lipinski definition) is 0. The lowest BCUT2D eigenvalue weighted by Gasteiger charge is -2.39. The number of benzene rings is 1. The van der Waals surface area contributed by atoms with E-state index in [1.165, 1.54) is 25.9 Å². The Labute approximate surface area is 187 Å². The maximum atomic E-state index is 12.8. The Morgan fingerprint density at radius 1 is 0.935 bits per heavy atom. The van der Waals surface area contributed by atoms with Crippen LogP contribution in [-0.4, -0.2) is 71.9 Å². The van der Waals surface area contributed by atoms with Gasteiger partial charge in [0.15, 0.2) is 5.78 Å². The van der Waals surface area contributed by atoms with E-state index in [0.717, 1.165) is 44.0 Å². The molecule has 5 nitrogen and oxygen atoms in total. The van der Waals surface area contributed by atoms with Crippen LogP contribution < -0.4 is 4.90 Å². The van der Waals surface area contributed by atoms with Gasteiger partial charge in [-0.25, -0.2) is 4.98 Å². The molecule has 0 aliphatic carbocycles. The van der Waals surface area contributed by atoms with Crippen LogP contribution in [0, 0.1) is 0 Å². The quantitative estimate of drug-likeness (QED) is 0.663. The van der Waals surface area contributed by atoms with Crippen molar-refractivity contribution >= 4 is 11.6 Å². The molecule has 0 amide bonds. The number of anilines is 1. The van der Waals surface area contributed by atoms with Crippen molar-refractivity contribution in [2.45, 2.75) is 51.6 Å². The number of aromatic nitrogens is 1. The number of Topliss-reactive ketones (excluding diaryl/α,β-unsaturated/α-hetero) is 1. The molecule has 0 bridgehead atoms. The van der Waals surface area contributed by atoms with E-state index in [9.17, 15) is 4.79 Å². The second-order valence-electron chi connectivity index (χ2n) is 9.20. The van der Waals surface area contributed by atoms with E-state index in [0.29, 0.717) is 24.2 Å². The minimum absolute atomic E-state index is 0.0846. The lowest BCUT2D eigenvalue weighted by Crippen LogP contribution is -2.47. The van der Waals surface area contributed by atoms with E-state index in [-0.39, 0.29) is 5.78 Å². The molecule has 0 atom stereocenters. The van der Waals surface area contributed by atoms with E-state index >= 15 is 0 Å². The van der Waals surface area contributed by atoms with Crippen molar-refractivity contribution in [3.63, 3.8) is 0 Å². The number of carbonyl (C=O) groups is 1. The van der Waals surface area contributed by atoms with Crippen LogP contribution >= 0.6 is 0 Å². The highest BCUT2D eigenvalue weighted by molar-refractivity contribution is 5.96. The molecule has 5 heteroatoms. The molecule has 4 rings (SSSR count). The Bertz CT molecular complexity index is 845. The number of likely N-dealkylation sites (tertiary alicyclic amines) is 1. The lowest BCUT2D eigenvalue weighted by molar-refractivity contribution is 0.0965. The third kappa shape index (κ3) is 5.72. The summed E-state index contributed by atoms with van der Waals surface area (Å²) in [6.45, 7) is 11.3. The zero-order valence-corrected chi connectivity index (χ0v) is 19.0. The zero-order valence-electron chi connectivity index (χ0n) is 19.0. The van der Waals surface area contributed by atoms with Crippen molar-refractivity contribution in [3.05, 3.63) is 59.8 Å². The fourth-order valence-corrected chi connectivity index (χ4v) is 4.93. The maximum absolute atomic E-state index is 12.8. The van der Waals surface area contributed by atoms with E-state index in [1.807, 2.05) is 42.5 Å². The smallest absolute Gasteiger partial charge is 0.185 e. The van der Waals surface area contributed by atoms with Crippen molar-refractivity contribution in [1.82, 2.24) is 14.8 Å². The molecule has 0 saturated carbocycles. The monoisotopic (exact) mass is 420 g/mol. The van der Waals surface area contributed by atoms with Crippen LogP contribution in [0.4, 0.5) is 5.82 Å². The average molecular weight is 421 g/mol. The highest BCUT2D eigenvalue weighted by Crippen LogP contribution is 2.22. The molecule has 31 heavy (non-hydrogen) atoms. The second-order valence-corrected chi connectivity index (χ2v) is 9.20. The molecule has 0 N–H and O–H groups in total. The van der Waals surface area contributed by atoms with Gasteiger partial charge in [0, 0.05) is 44.7 Å². The number of hydrogen-bond acceptors (Lipinski definition) is 5. The topological polar surface area (TPSA) is 39.7 Å². The Hall–Kier alpha value is -2.24. The van der Waals surface area contributed by atoms with Crippen molar-refractivity contribution in [3.8, 4) is 0 Å². The fourth-order valence-electron chi connectivity index (χ4n) is 4.93. The van der Waals surface area contributed by atoms with Crippen molar-refractivity contribution in [2.24, 2.45) is 0 Å². The predicted molar refractivity (Wildman–Crippen MR) is 127 cm³/mol. The molecule has 2 aliphatic heterocycles. The first-order valence-electron chi connectivity index (χ1n) is 11.9. The Morgan fingerprint density at radius 3 is 2.45 bits per heavy atom. The summed E-state index contributed by atoms with van der Waals surface area (Å²) in [5.41, 5.74) is 1.61. The molecule has 2 saturated heterocycles. The third-order valence-electron chi connectivity index (χ3n) is 6.83. The van der Waals surface area contributed by atoms with Crippen LogP contribution in [-0.2, 0) is 6.42 Å². The van der Waals surface area contributed by atoms with Crippen molar-refractivity contribution < 1.29 is 4.79 Å². The van der Waals surface area contributed by atoms with Crippen LogP contribution in [0.5, 0.6) is 0 Å². The van der Waals surface area contributed by atoms with Gasteiger partial charge < -0.3 is 9.80 Å². The minimum Gasteiger partial charge on any atom is -0.355 e. The third-order valence-corrected chi connectivity index (χ3v) is 6.83. The highest BCUT2D eigenvalue weighted by atomic mass is 16.1. The molecule has 2 aromatic rings. The SMILES string of the molecule is CC(C)N1CCC(N2CCCN(c3cccc(C(=O)Cc4ccccc4)n3)CC2)CC1. The molecule has 2 fully saturated rings. The van der Waals surface area contributed by atoms with Gasteiger partial charge in [-0.3, -0.25) is 9.69 Å². The zero-order chi connectivity index (χ0) is 21.6. The molecule has 2 aliphatic rings. The van der Waals surface area contributed by atoms with E-state index < -0.39 is 0 Å². The summed E-state index contributed by atoms with van der Waals surface area (Å²) in [7, 11) is 0. The standard InChI is InChI=1S/C26H36N4O/c1-21(2)28-16-12-23(13-17-28)29-14-7-15-30(19-18-29)26-11-6-10-24(27-26)25(31)20-22-8-4-3-5-9-22/h3-6,8-11,21,23H,7,12-20H2,1-2H3. The summed E-state index contributed by atoms with van der Waals surface area (Å²) < 4.78 is 0. The molecule has 3 heterocycles. The summed E-state index contributed by atoms with van der Waals surface area (Å²) >= 11 is 0. The highest BCUT2D eigenvalue weighted by Gasteiger charge is 2.27. The minimum atomic E-state index is 0.0846. The predicted octanol–water partition coefficient (Wildman–Crippen LogP) is 3.89. The molecular weight excluding hydrogens is 384 g/mol. The van der Waals surface area contributed by atoms with Gasteiger partial charge in [0.05, 0.1) is 0 Å². The normalized spacial score (nSPS) is 19.5. The second kappa shape index (κ2) is 10.4. The van der Waals surface area contributed by atoms with Gasteiger partial charge in [-0.2, -0.15) is 0 Å². The molecule has 0 radical (unpaired) electrons. The summed E-state index contributed by atoms with van der Waals surface area (Å²) in [4.78, 5) is 25.2. The van der Waals surface area contributed by atoms with Crippen LogP contribution in [0.3, 0.4) is 0 Å². The number of nitrogens with zero attached hydrogens (tertiary/aromatic N) is 4. The Balaban J connectivity index is 1.35. The van der Waals surface area contributed by atoms with Gasteiger partial charge in [0.1, 0.15) is 11.5 Å². The summed E-state index contributed by atoms with van der Waals surface area (Å²) in [6, 6.07) is 17.2. The fraction of sp³-hybridized carbons (Fsp3) is 0.538. The first-order valence-corrected chi connectivity index (χ1v) is 11.9. The van der Waals surface area contributed by atoms with Crippen molar-refractivity contribution in [2.75, 3.05) is 44.2 Å². The van der Waals surface area contributed by atoms with Crippen molar-refractivity contribution in [1.29, 1.82) is 0 Å².